The molecule has 0 aromatic heterocycles. The van der Waals surface area contributed by atoms with Crippen LogP contribution in [0.1, 0.15) is 31.0 Å². The Balaban J connectivity index is 2.08. The summed E-state index contributed by atoms with van der Waals surface area (Å²) < 4.78 is 0. The van der Waals surface area contributed by atoms with Crippen molar-refractivity contribution in [3.63, 3.8) is 0 Å². The van der Waals surface area contributed by atoms with Gasteiger partial charge in [0.25, 0.3) is 0 Å². The largest absolute Gasteiger partial charge is 0.327 e. The van der Waals surface area contributed by atoms with Crippen molar-refractivity contribution in [3.05, 3.63) is 78.0 Å². The molecule has 2 aromatic rings. The fourth-order valence-electron chi connectivity index (χ4n) is 2.72. The van der Waals surface area contributed by atoms with Gasteiger partial charge in [-0.2, -0.15) is 0 Å². The predicted molar refractivity (Wildman–Crippen MR) is 89.1 cm³/mol. The minimum atomic E-state index is -0.119. The number of nitrogens with one attached hydrogen (secondary N) is 1. The van der Waals surface area contributed by atoms with Gasteiger partial charge in [-0.15, -0.1) is 0 Å². The summed E-state index contributed by atoms with van der Waals surface area (Å²) in [6.07, 6.45) is 1.98. The van der Waals surface area contributed by atoms with Crippen LogP contribution in [0, 0.1) is 0 Å². The highest BCUT2D eigenvalue weighted by molar-refractivity contribution is 5.86. The van der Waals surface area contributed by atoms with E-state index in [0.717, 1.165) is 16.7 Å². The van der Waals surface area contributed by atoms with Crippen LogP contribution < -0.4 is 5.32 Å². The Morgan fingerprint density at radius 1 is 0.955 bits per heavy atom. The maximum Gasteiger partial charge on any atom is 0.322 e. The third-order valence-corrected chi connectivity index (χ3v) is 3.89. The van der Waals surface area contributed by atoms with Gasteiger partial charge in [-0.25, -0.2) is 4.79 Å². The molecule has 3 rings (SSSR count). The van der Waals surface area contributed by atoms with Gasteiger partial charge in [0.2, 0.25) is 0 Å². The Hall–Kier alpha value is -2.55. The number of urea groups is 1. The van der Waals surface area contributed by atoms with Gasteiger partial charge in [0.1, 0.15) is 0 Å². The van der Waals surface area contributed by atoms with E-state index in [2.05, 4.69) is 17.4 Å². The van der Waals surface area contributed by atoms with Crippen molar-refractivity contribution in [1.82, 2.24) is 10.2 Å². The maximum atomic E-state index is 12.4. The lowest BCUT2D eigenvalue weighted by atomic mass is 9.92. The number of carbonyl (C=O) groups is 1. The summed E-state index contributed by atoms with van der Waals surface area (Å²) in [5.41, 5.74) is 3.33. The van der Waals surface area contributed by atoms with Crippen molar-refractivity contribution in [2.45, 2.75) is 25.9 Å². The molecule has 2 aromatic carbocycles. The quantitative estimate of drug-likeness (QED) is 0.903. The molecule has 0 radical (unpaired) electrons. The van der Waals surface area contributed by atoms with Gasteiger partial charge in [0.05, 0.1) is 6.04 Å². The summed E-state index contributed by atoms with van der Waals surface area (Å²) in [4.78, 5) is 14.1. The summed E-state index contributed by atoms with van der Waals surface area (Å²) in [5, 5.41) is 3.13. The van der Waals surface area contributed by atoms with Gasteiger partial charge in [-0.3, -0.25) is 4.90 Å². The molecule has 3 nitrogen and oxygen atoms in total. The molecule has 0 saturated carbocycles. The summed E-state index contributed by atoms with van der Waals surface area (Å²) in [6, 6.07) is 20.2. The van der Waals surface area contributed by atoms with Gasteiger partial charge < -0.3 is 5.32 Å². The topological polar surface area (TPSA) is 32.3 Å². The third-order valence-electron chi connectivity index (χ3n) is 3.89. The molecule has 1 atom stereocenters. The number of hydrogen-bond acceptors (Lipinski definition) is 1. The molecule has 22 heavy (non-hydrogen) atoms. The van der Waals surface area contributed by atoms with Crippen LogP contribution in [0.3, 0.4) is 0 Å². The highest BCUT2D eigenvalue weighted by atomic mass is 16.2. The van der Waals surface area contributed by atoms with E-state index in [1.807, 2.05) is 68.6 Å². The van der Waals surface area contributed by atoms with E-state index in [1.54, 1.807) is 4.90 Å². The molecule has 1 aliphatic rings. The number of benzene rings is 2. The monoisotopic (exact) mass is 292 g/mol. The normalized spacial score (nSPS) is 18.1. The number of rotatable bonds is 3. The second-order valence-corrected chi connectivity index (χ2v) is 5.74. The van der Waals surface area contributed by atoms with E-state index in [4.69, 9.17) is 0 Å². The number of hydrogen-bond donors (Lipinski definition) is 1. The van der Waals surface area contributed by atoms with Crippen molar-refractivity contribution < 1.29 is 4.79 Å². The lowest BCUT2D eigenvalue weighted by molar-refractivity contribution is 0.200. The molecule has 0 spiro atoms. The first-order valence-corrected chi connectivity index (χ1v) is 7.57. The van der Waals surface area contributed by atoms with Crippen LogP contribution in [0.25, 0.3) is 5.57 Å². The van der Waals surface area contributed by atoms with Crippen LogP contribution in [0.4, 0.5) is 4.79 Å². The molecule has 1 heterocycles. The second kappa shape index (κ2) is 6.06. The smallest absolute Gasteiger partial charge is 0.322 e. The van der Waals surface area contributed by atoms with E-state index in [1.165, 1.54) is 0 Å². The molecule has 0 bridgehead atoms. The van der Waals surface area contributed by atoms with Crippen LogP contribution in [-0.4, -0.2) is 17.0 Å². The molecule has 1 unspecified atom stereocenters. The van der Waals surface area contributed by atoms with Crippen LogP contribution in [0.15, 0.2) is 66.9 Å². The molecule has 0 saturated heterocycles. The minimum Gasteiger partial charge on any atom is -0.327 e. The molecule has 3 heteroatoms. The zero-order valence-electron chi connectivity index (χ0n) is 12.9. The van der Waals surface area contributed by atoms with Gasteiger partial charge in [-0.1, -0.05) is 60.7 Å². The summed E-state index contributed by atoms with van der Waals surface area (Å²) >= 11 is 0. The Morgan fingerprint density at radius 2 is 1.55 bits per heavy atom. The maximum absolute atomic E-state index is 12.4. The van der Waals surface area contributed by atoms with Crippen molar-refractivity contribution in [2.75, 3.05) is 0 Å². The zero-order chi connectivity index (χ0) is 15.5. The Kier molecular flexibility index (Phi) is 3.96. The molecular weight excluding hydrogens is 272 g/mol. The number of carbonyl (C=O) groups excluding carboxylic acids is 1. The zero-order valence-corrected chi connectivity index (χ0v) is 12.9. The molecular formula is C19H20N2O. The fourth-order valence-corrected chi connectivity index (χ4v) is 2.72. The molecule has 2 amide bonds. The van der Waals surface area contributed by atoms with E-state index in [0.29, 0.717) is 0 Å². The Labute approximate surface area is 131 Å². The SMILES string of the molecule is CC(C)N1C=C(c2ccccc2)C(c2ccccc2)NC1=O. The first-order valence-electron chi connectivity index (χ1n) is 7.57. The van der Waals surface area contributed by atoms with Crippen LogP contribution in [-0.2, 0) is 0 Å². The van der Waals surface area contributed by atoms with E-state index in [-0.39, 0.29) is 18.1 Å². The van der Waals surface area contributed by atoms with Crippen LogP contribution in [0.2, 0.25) is 0 Å². The number of amides is 2. The number of nitrogens with zero attached hydrogens (tertiary/aromatic N) is 1. The standard InChI is InChI=1S/C19H20N2O/c1-14(2)21-13-17(15-9-5-3-6-10-15)18(20-19(21)22)16-11-7-4-8-12-16/h3-14,18H,1-2H3,(H,20,22). The second-order valence-electron chi connectivity index (χ2n) is 5.74. The predicted octanol–water partition coefficient (Wildman–Crippen LogP) is 4.20. The van der Waals surface area contributed by atoms with Gasteiger partial charge in [0.15, 0.2) is 0 Å². The minimum absolute atomic E-state index is 0.0523. The van der Waals surface area contributed by atoms with E-state index >= 15 is 0 Å². The molecule has 112 valence electrons. The van der Waals surface area contributed by atoms with Gasteiger partial charge in [-0.05, 0) is 25.0 Å². The first kappa shape index (κ1) is 14.4. The van der Waals surface area contributed by atoms with E-state index in [9.17, 15) is 4.79 Å². The molecule has 1 aliphatic heterocycles. The van der Waals surface area contributed by atoms with Crippen LogP contribution in [0.5, 0.6) is 0 Å². The van der Waals surface area contributed by atoms with Gasteiger partial charge >= 0.3 is 6.03 Å². The summed E-state index contributed by atoms with van der Waals surface area (Å²) in [5.74, 6) is 0. The highest BCUT2D eigenvalue weighted by Crippen LogP contribution is 2.33. The van der Waals surface area contributed by atoms with Gasteiger partial charge in [0, 0.05) is 17.8 Å². The Bertz CT molecular complexity index is 677. The fraction of sp³-hybridized carbons (Fsp3) is 0.211. The Morgan fingerprint density at radius 3 is 2.14 bits per heavy atom. The third kappa shape index (κ3) is 2.75. The van der Waals surface area contributed by atoms with Crippen LogP contribution >= 0.6 is 0 Å². The molecule has 0 fully saturated rings. The first-order chi connectivity index (χ1) is 10.7. The molecule has 1 N–H and O–H groups in total. The summed E-state index contributed by atoms with van der Waals surface area (Å²) in [7, 11) is 0. The average Bonchev–Trinajstić information content (AvgIpc) is 2.56. The lowest BCUT2D eigenvalue weighted by Gasteiger charge is -2.34. The van der Waals surface area contributed by atoms with E-state index < -0.39 is 0 Å². The summed E-state index contributed by atoms with van der Waals surface area (Å²) in [6.45, 7) is 4.03. The average molecular weight is 292 g/mol. The van der Waals surface area contributed by atoms with Crippen molar-refractivity contribution in [2.24, 2.45) is 0 Å². The van der Waals surface area contributed by atoms with Crippen molar-refractivity contribution >= 4 is 11.6 Å². The lowest BCUT2D eigenvalue weighted by Crippen LogP contribution is -2.46. The highest BCUT2D eigenvalue weighted by Gasteiger charge is 2.29. The molecule has 0 aliphatic carbocycles. The van der Waals surface area contributed by atoms with Crippen molar-refractivity contribution in [3.8, 4) is 0 Å². The van der Waals surface area contributed by atoms with Crippen molar-refractivity contribution in [1.29, 1.82) is 0 Å².